The van der Waals surface area contributed by atoms with Crippen molar-refractivity contribution in [3.05, 3.63) is 53.6 Å². The van der Waals surface area contributed by atoms with Crippen LogP contribution >= 0.6 is 0 Å². The predicted molar refractivity (Wildman–Crippen MR) is 90.0 cm³/mol. The molecule has 0 spiro atoms. The minimum atomic E-state index is -1.40. The van der Waals surface area contributed by atoms with Gasteiger partial charge in [0.2, 0.25) is 0 Å². The second-order valence-electron chi connectivity index (χ2n) is 5.45. The van der Waals surface area contributed by atoms with Crippen LogP contribution < -0.4 is 24.8 Å². The fraction of sp³-hybridized carbons (Fsp3) is 0.222. The summed E-state index contributed by atoms with van der Waals surface area (Å²) in [6.45, 7) is 0. The summed E-state index contributed by atoms with van der Waals surface area (Å²) in [7, 11) is 4.59. The van der Waals surface area contributed by atoms with E-state index in [0.717, 1.165) is 0 Å². The maximum atomic E-state index is 12.8. The van der Waals surface area contributed by atoms with E-state index in [0.29, 0.717) is 28.4 Å². The maximum absolute atomic E-state index is 12.8. The second kappa shape index (κ2) is 6.35. The second-order valence-corrected chi connectivity index (χ2v) is 5.45. The van der Waals surface area contributed by atoms with Crippen molar-refractivity contribution in [2.45, 2.75) is 5.54 Å². The summed E-state index contributed by atoms with van der Waals surface area (Å²) in [5.74, 6) is 1.17. The molecule has 0 bridgehead atoms. The van der Waals surface area contributed by atoms with E-state index in [-0.39, 0.29) is 0 Å². The van der Waals surface area contributed by atoms with E-state index >= 15 is 0 Å². The largest absolute Gasteiger partial charge is 0.497 e. The summed E-state index contributed by atoms with van der Waals surface area (Å²) in [4.78, 5) is 24.7. The zero-order valence-electron chi connectivity index (χ0n) is 14.1. The van der Waals surface area contributed by atoms with Crippen LogP contribution in [0.5, 0.6) is 17.2 Å². The Morgan fingerprint density at radius 1 is 0.840 bits per heavy atom. The van der Waals surface area contributed by atoms with E-state index in [2.05, 4.69) is 10.6 Å². The predicted octanol–water partition coefficient (Wildman–Crippen LogP) is 1.80. The van der Waals surface area contributed by atoms with Crippen molar-refractivity contribution in [3.8, 4) is 17.2 Å². The smallest absolute Gasteiger partial charge is 0.322 e. The summed E-state index contributed by atoms with van der Waals surface area (Å²) < 4.78 is 15.8. The molecule has 130 valence electrons. The third-order valence-electron chi connectivity index (χ3n) is 4.20. The summed E-state index contributed by atoms with van der Waals surface area (Å²) >= 11 is 0. The van der Waals surface area contributed by atoms with Crippen molar-refractivity contribution in [2.75, 3.05) is 21.3 Å². The number of hydrogen-bond acceptors (Lipinski definition) is 5. The summed E-state index contributed by atoms with van der Waals surface area (Å²) in [5, 5.41) is 5.04. The number of amides is 3. The molecule has 7 heteroatoms. The number of hydrogen-bond donors (Lipinski definition) is 2. The Labute approximate surface area is 144 Å². The molecular formula is C18H18N2O5. The molecule has 2 N–H and O–H groups in total. The minimum Gasteiger partial charge on any atom is -0.497 e. The zero-order chi connectivity index (χ0) is 18.0. The topological polar surface area (TPSA) is 85.9 Å². The highest BCUT2D eigenvalue weighted by Gasteiger charge is 2.50. The van der Waals surface area contributed by atoms with Crippen LogP contribution in [0.15, 0.2) is 42.5 Å². The van der Waals surface area contributed by atoms with Gasteiger partial charge in [0, 0.05) is 11.6 Å². The average molecular weight is 342 g/mol. The van der Waals surface area contributed by atoms with Gasteiger partial charge in [-0.3, -0.25) is 10.1 Å². The van der Waals surface area contributed by atoms with Crippen LogP contribution in [0.1, 0.15) is 11.1 Å². The first-order chi connectivity index (χ1) is 12.0. The lowest BCUT2D eigenvalue weighted by Gasteiger charge is -2.29. The fourth-order valence-electron chi connectivity index (χ4n) is 2.95. The number of methoxy groups -OCH3 is 3. The summed E-state index contributed by atoms with van der Waals surface area (Å²) in [6.07, 6.45) is 0. The Morgan fingerprint density at radius 2 is 1.48 bits per heavy atom. The van der Waals surface area contributed by atoms with Gasteiger partial charge in [0.25, 0.3) is 5.91 Å². The van der Waals surface area contributed by atoms with Crippen molar-refractivity contribution >= 4 is 11.9 Å². The monoisotopic (exact) mass is 342 g/mol. The molecule has 0 aromatic heterocycles. The number of carbonyl (C=O) groups is 2. The number of rotatable bonds is 5. The van der Waals surface area contributed by atoms with Crippen molar-refractivity contribution in [2.24, 2.45) is 0 Å². The first-order valence-corrected chi connectivity index (χ1v) is 7.55. The van der Waals surface area contributed by atoms with Gasteiger partial charge in [0.05, 0.1) is 21.3 Å². The molecule has 0 saturated carbocycles. The molecule has 1 unspecified atom stereocenters. The average Bonchev–Trinajstić information content (AvgIpc) is 2.96. The van der Waals surface area contributed by atoms with Crippen LogP contribution in [0.4, 0.5) is 4.79 Å². The van der Waals surface area contributed by atoms with Crippen LogP contribution in [0.25, 0.3) is 0 Å². The lowest BCUT2D eigenvalue weighted by Crippen LogP contribution is -2.45. The third kappa shape index (κ3) is 2.63. The molecule has 1 saturated heterocycles. The molecule has 2 aromatic rings. The molecule has 1 atom stereocenters. The molecule has 1 fully saturated rings. The van der Waals surface area contributed by atoms with E-state index in [1.54, 1.807) is 49.6 Å². The van der Waals surface area contributed by atoms with Crippen molar-refractivity contribution in [1.29, 1.82) is 0 Å². The van der Waals surface area contributed by atoms with Crippen LogP contribution in [-0.2, 0) is 10.3 Å². The molecular weight excluding hydrogens is 324 g/mol. The molecule has 2 aromatic carbocycles. The number of urea groups is 1. The Kier molecular flexibility index (Phi) is 4.22. The van der Waals surface area contributed by atoms with Crippen LogP contribution in [0.2, 0.25) is 0 Å². The van der Waals surface area contributed by atoms with Gasteiger partial charge in [-0.1, -0.05) is 12.1 Å². The number of benzene rings is 2. The van der Waals surface area contributed by atoms with Crippen LogP contribution in [0.3, 0.4) is 0 Å². The lowest BCUT2D eigenvalue weighted by atomic mass is 9.82. The highest BCUT2D eigenvalue weighted by molar-refractivity contribution is 6.10. The standard InChI is InChI=1S/C18H18N2O5/c1-23-12-6-4-11(5-7-12)18(16(21)19-17(22)20-18)14-9-8-13(24-2)10-15(14)25-3/h4-10H,1-3H3,(H2,19,20,21,22). The Bertz CT molecular complexity index is 819. The molecule has 0 aliphatic carbocycles. The molecule has 3 amide bonds. The summed E-state index contributed by atoms with van der Waals surface area (Å²) in [6, 6.07) is 11.4. The van der Waals surface area contributed by atoms with Crippen molar-refractivity contribution < 1.29 is 23.8 Å². The lowest BCUT2D eigenvalue weighted by molar-refractivity contribution is -0.122. The van der Waals surface area contributed by atoms with E-state index < -0.39 is 17.5 Å². The van der Waals surface area contributed by atoms with Gasteiger partial charge < -0.3 is 19.5 Å². The van der Waals surface area contributed by atoms with Gasteiger partial charge in [-0.05, 0) is 29.8 Å². The molecule has 25 heavy (non-hydrogen) atoms. The van der Waals surface area contributed by atoms with E-state index in [1.165, 1.54) is 14.2 Å². The van der Waals surface area contributed by atoms with Gasteiger partial charge in [-0.25, -0.2) is 4.79 Å². The first-order valence-electron chi connectivity index (χ1n) is 7.55. The molecule has 1 aliphatic rings. The number of ether oxygens (including phenoxy) is 3. The maximum Gasteiger partial charge on any atom is 0.322 e. The molecule has 3 rings (SSSR count). The van der Waals surface area contributed by atoms with E-state index in [4.69, 9.17) is 14.2 Å². The van der Waals surface area contributed by atoms with Crippen LogP contribution in [0, 0.1) is 0 Å². The van der Waals surface area contributed by atoms with Crippen LogP contribution in [-0.4, -0.2) is 33.3 Å². The first kappa shape index (κ1) is 16.6. The van der Waals surface area contributed by atoms with Gasteiger partial charge in [0.1, 0.15) is 17.2 Å². The number of nitrogens with one attached hydrogen (secondary N) is 2. The van der Waals surface area contributed by atoms with Gasteiger partial charge in [-0.2, -0.15) is 0 Å². The molecule has 1 heterocycles. The highest BCUT2D eigenvalue weighted by Crippen LogP contribution is 2.40. The minimum absolute atomic E-state index is 0.424. The quantitative estimate of drug-likeness (QED) is 0.809. The normalized spacial score (nSPS) is 19.2. The molecule has 1 aliphatic heterocycles. The Morgan fingerprint density at radius 3 is 2.00 bits per heavy atom. The van der Waals surface area contributed by atoms with Gasteiger partial charge >= 0.3 is 6.03 Å². The van der Waals surface area contributed by atoms with Crippen molar-refractivity contribution in [1.82, 2.24) is 10.6 Å². The fourth-order valence-corrected chi connectivity index (χ4v) is 2.95. The van der Waals surface area contributed by atoms with Crippen molar-refractivity contribution in [3.63, 3.8) is 0 Å². The summed E-state index contributed by atoms with van der Waals surface area (Å²) in [5.41, 5.74) is -0.314. The molecule has 7 nitrogen and oxygen atoms in total. The van der Waals surface area contributed by atoms with Gasteiger partial charge in [0.15, 0.2) is 5.54 Å². The Balaban J connectivity index is 2.22. The third-order valence-corrected chi connectivity index (χ3v) is 4.20. The van der Waals surface area contributed by atoms with E-state index in [1.807, 2.05) is 0 Å². The molecule has 0 radical (unpaired) electrons. The Hall–Kier alpha value is -3.22. The van der Waals surface area contributed by atoms with Gasteiger partial charge in [-0.15, -0.1) is 0 Å². The zero-order valence-corrected chi connectivity index (χ0v) is 14.1. The highest BCUT2D eigenvalue weighted by atomic mass is 16.5. The number of carbonyl (C=O) groups excluding carboxylic acids is 2. The van der Waals surface area contributed by atoms with E-state index in [9.17, 15) is 9.59 Å². The SMILES string of the molecule is COc1ccc(C2(c3ccc(OC)cc3OC)NC(=O)NC2=O)cc1. The number of imide groups is 1.